The molecule has 0 rings (SSSR count). The largest absolute Gasteiger partial charge is 0.444 e. The molecule has 0 bridgehead atoms. The fourth-order valence-corrected chi connectivity index (χ4v) is 1.22. The van der Waals surface area contributed by atoms with Crippen molar-refractivity contribution in [1.29, 1.82) is 0 Å². The van der Waals surface area contributed by atoms with Crippen molar-refractivity contribution < 1.29 is 28.8 Å². The summed E-state index contributed by atoms with van der Waals surface area (Å²) >= 11 is 0. The van der Waals surface area contributed by atoms with Crippen LogP contribution < -0.4 is 5.32 Å². The highest BCUT2D eigenvalue weighted by Gasteiger charge is 2.15. The molecule has 0 fully saturated rings. The maximum absolute atomic E-state index is 11.3. The van der Waals surface area contributed by atoms with E-state index in [2.05, 4.69) is 5.32 Å². The zero-order chi connectivity index (χ0) is 15.4. The molecular weight excluding hydrogens is 266 g/mol. The van der Waals surface area contributed by atoms with Gasteiger partial charge in [0.25, 0.3) is 0 Å². The number of aliphatic hydroxyl groups is 1. The molecule has 0 aromatic heterocycles. The second-order valence-electron chi connectivity index (χ2n) is 4.98. The number of alkyl carbamates (subject to hydrolysis) is 1. The lowest BCUT2D eigenvalue weighted by Gasteiger charge is -2.19. The molecule has 120 valence electrons. The zero-order valence-electron chi connectivity index (χ0n) is 12.8. The Bertz CT molecular complexity index is 254. The summed E-state index contributed by atoms with van der Waals surface area (Å²) in [5, 5.41) is 11.5. The van der Waals surface area contributed by atoms with Gasteiger partial charge in [-0.05, 0) is 27.7 Å². The van der Waals surface area contributed by atoms with Crippen LogP contribution in [0.5, 0.6) is 0 Å². The van der Waals surface area contributed by atoms with Gasteiger partial charge in [-0.15, -0.1) is 0 Å². The minimum absolute atomic E-state index is 0.186. The van der Waals surface area contributed by atoms with E-state index in [1.54, 1.807) is 20.8 Å². The quantitative estimate of drug-likeness (QED) is 0.460. The molecule has 2 N–H and O–H groups in total. The number of rotatable bonds is 10. The first-order chi connectivity index (χ1) is 9.39. The molecule has 1 atom stereocenters. The zero-order valence-corrected chi connectivity index (χ0v) is 12.8. The van der Waals surface area contributed by atoms with Gasteiger partial charge in [-0.1, -0.05) is 0 Å². The smallest absolute Gasteiger partial charge is 0.407 e. The highest BCUT2D eigenvalue weighted by atomic mass is 16.7. The number of nitrogens with one attached hydrogen (secondary N) is 1. The molecule has 1 unspecified atom stereocenters. The van der Waals surface area contributed by atoms with Crippen molar-refractivity contribution in [3.63, 3.8) is 0 Å². The minimum Gasteiger partial charge on any atom is -0.444 e. The Hall–Kier alpha value is -0.890. The maximum atomic E-state index is 11.3. The summed E-state index contributed by atoms with van der Waals surface area (Å²) in [6.07, 6.45) is -1.07. The van der Waals surface area contributed by atoms with Crippen LogP contribution in [0.15, 0.2) is 0 Å². The molecule has 0 aromatic carbocycles. The van der Waals surface area contributed by atoms with E-state index in [9.17, 15) is 4.79 Å². The van der Waals surface area contributed by atoms with E-state index in [1.165, 1.54) is 0 Å². The first-order valence-electron chi connectivity index (χ1n) is 6.77. The Labute approximate surface area is 120 Å². The molecule has 7 heteroatoms. The van der Waals surface area contributed by atoms with Gasteiger partial charge in [0.05, 0.1) is 26.4 Å². The molecular formula is C13H27NO6. The van der Waals surface area contributed by atoms with Crippen molar-refractivity contribution in [2.45, 2.75) is 39.6 Å². The van der Waals surface area contributed by atoms with Crippen molar-refractivity contribution >= 4 is 6.09 Å². The number of hydrogen-bond acceptors (Lipinski definition) is 6. The Morgan fingerprint density at radius 1 is 1.20 bits per heavy atom. The first-order valence-corrected chi connectivity index (χ1v) is 6.77. The monoisotopic (exact) mass is 293 g/mol. The summed E-state index contributed by atoms with van der Waals surface area (Å²) in [4.78, 5) is 11.3. The number of aliphatic hydroxyl groups excluding tert-OH is 1. The van der Waals surface area contributed by atoms with Crippen molar-refractivity contribution in [2.75, 3.05) is 39.6 Å². The number of amides is 1. The van der Waals surface area contributed by atoms with Gasteiger partial charge in [-0.25, -0.2) is 4.79 Å². The van der Waals surface area contributed by atoms with E-state index in [1.807, 2.05) is 6.92 Å². The molecule has 0 aliphatic rings. The molecule has 0 saturated carbocycles. The predicted octanol–water partition coefficient (Wildman–Crippen LogP) is 0.899. The lowest BCUT2D eigenvalue weighted by Crippen LogP contribution is -2.34. The fourth-order valence-electron chi connectivity index (χ4n) is 1.22. The van der Waals surface area contributed by atoms with E-state index in [4.69, 9.17) is 24.1 Å². The minimum atomic E-state index is -0.608. The summed E-state index contributed by atoms with van der Waals surface area (Å²) in [5.41, 5.74) is -0.503. The van der Waals surface area contributed by atoms with Gasteiger partial charge in [0.15, 0.2) is 6.29 Å². The highest BCUT2D eigenvalue weighted by Crippen LogP contribution is 2.05. The number of carbonyl (C=O) groups is 1. The van der Waals surface area contributed by atoms with Gasteiger partial charge in [-0.2, -0.15) is 0 Å². The van der Waals surface area contributed by atoms with Crippen LogP contribution in [0, 0.1) is 0 Å². The fraction of sp³-hybridized carbons (Fsp3) is 0.923. The van der Waals surface area contributed by atoms with Gasteiger partial charge in [0.2, 0.25) is 0 Å². The summed E-state index contributed by atoms with van der Waals surface area (Å²) in [6.45, 7) is 8.93. The third-order valence-corrected chi connectivity index (χ3v) is 1.95. The van der Waals surface area contributed by atoms with E-state index in [0.717, 1.165) is 0 Å². The topological polar surface area (TPSA) is 86.3 Å². The number of ether oxygens (including phenoxy) is 4. The maximum Gasteiger partial charge on any atom is 0.407 e. The van der Waals surface area contributed by atoms with Crippen LogP contribution in [0.2, 0.25) is 0 Å². The van der Waals surface area contributed by atoms with Crippen LogP contribution in [0.4, 0.5) is 4.79 Å². The number of carbonyl (C=O) groups excluding carboxylic acids is 1. The molecule has 1 amide bonds. The van der Waals surface area contributed by atoms with Crippen LogP contribution in [0.25, 0.3) is 0 Å². The normalized spacial score (nSPS) is 13.1. The SMILES string of the molecule is CCOC(CO)OCCOCCNC(=O)OC(C)(C)C. The Morgan fingerprint density at radius 3 is 2.45 bits per heavy atom. The van der Waals surface area contributed by atoms with Gasteiger partial charge in [0, 0.05) is 13.2 Å². The van der Waals surface area contributed by atoms with Crippen molar-refractivity contribution in [2.24, 2.45) is 0 Å². The third-order valence-electron chi connectivity index (χ3n) is 1.95. The van der Waals surface area contributed by atoms with Crippen LogP contribution >= 0.6 is 0 Å². The Kier molecular flexibility index (Phi) is 10.4. The lowest BCUT2D eigenvalue weighted by molar-refractivity contribution is -0.166. The summed E-state index contributed by atoms with van der Waals surface area (Å²) < 4.78 is 20.6. The van der Waals surface area contributed by atoms with Gasteiger partial charge >= 0.3 is 6.09 Å². The van der Waals surface area contributed by atoms with Gasteiger partial charge in [-0.3, -0.25) is 0 Å². The molecule has 20 heavy (non-hydrogen) atoms. The van der Waals surface area contributed by atoms with Crippen molar-refractivity contribution in [1.82, 2.24) is 5.32 Å². The van der Waals surface area contributed by atoms with E-state index < -0.39 is 18.0 Å². The Morgan fingerprint density at radius 2 is 1.90 bits per heavy atom. The second-order valence-corrected chi connectivity index (χ2v) is 4.98. The second kappa shape index (κ2) is 10.8. The molecule has 0 spiro atoms. The van der Waals surface area contributed by atoms with E-state index in [-0.39, 0.29) is 6.61 Å². The summed E-state index contributed by atoms with van der Waals surface area (Å²) in [5.74, 6) is 0. The lowest BCUT2D eigenvalue weighted by atomic mass is 10.2. The molecule has 7 nitrogen and oxygen atoms in total. The predicted molar refractivity (Wildman–Crippen MR) is 73.5 cm³/mol. The van der Waals surface area contributed by atoms with Gasteiger partial charge in [0.1, 0.15) is 5.60 Å². The molecule has 0 aliphatic carbocycles. The van der Waals surface area contributed by atoms with Gasteiger partial charge < -0.3 is 29.4 Å². The standard InChI is InChI=1S/C13H27NO6/c1-5-18-11(10-15)19-9-8-17-7-6-14-12(16)20-13(2,3)4/h11,15H,5-10H2,1-4H3,(H,14,16). The average molecular weight is 293 g/mol. The summed E-state index contributed by atoms with van der Waals surface area (Å²) in [7, 11) is 0. The highest BCUT2D eigenvalue weighted by molar-refractivity contribution is 5.67. The molecule has 0 radical (unpaired) electrons. The van der Waals surface area contributed by atoms with Crippen molar-refractivity contribution in [3.8, 4) is 0 Å². The number of hydrogen-bond donors (Lipinski definition) is 2. The summed E-state index contributed by atoms with van der Waals surface area (Å²) in [6, 6.07) is 0. The van der Waals surface area contributed by atoms with Crippen molar-refractivity contribution in [3.05, 3.63) is 0 Å². The van der Waals surface area contributed by atoms with Crippen LogP contribution in [0.3, 0.4) is 0 Å². The molecule has 0 aromatic rings. The van der Waals surface area contributed by atoms with Crippen LogP contribution in [0.1, 0.15) is 27.7 Å². The molecule has 0 heterocycles. The molecule has 0 aliphatic heterocycles. The molecule has 0 saturated heterocycles. The Balaban J connectivity index is 3.42. The van der Waals surface area contributed by atoms with E-state index >= 15 is 0 Å². The van der Waals surface area contributed by atoms with Crippen LogP contribution in [-0.4, -0.2) is 62.7 Å². The van der Waals surface area contributed by atoms with Crippen LogP contribution in [-0.2, 0) is 18.9 Å². The van der Waals surface area contributed by atoms with E-state index in [0.29, 0.717) is 33.0 Å². The third kappa shape index (κ3) is 12.2. The first kappa shape index (κ1) is 19.1. The average Bonchev–Trinajstić information content (AvgIpc) is 2.34.